The third-order valence-corrected chi connectivity index (χ3v) is 2.21. The van der Waals surface area contributed by atoms with Crippen LogP contribution in [0.3, 0.4) is 0 Å². The summed E-state index contributed by atoms with van der Waals surface area (Å²) in [5.41, 5.74) is 0. The smallest absolute Gasteiger partial charge is 0.385 e. The summed E-state index contributed by atoms with van der Waals surface area (Å²) in [4.78, 5) is 12.8. The molecule has 1 rings (SSSR count). The van der Waals surface area contributed by atoms with Gasteiger partial charge in [0.05, 0.1) is 5.88 Å². The van der Waals surface area contributed by atoms with E-state index in [-0.39, 0.29) is 18.2 Å². The van der Waals surface area contributed by atoms with Crippen LogP contribution in [0.15, 0.2) is 6.20 Å². The number of rotatable bonds is 4. The Kier molecular flexibility index (Phi) is 3.43. The summed E-state index contributed by atoms with van der Waals surface area (Å²) in [7, 11) is 0. The van der Waals surface area contributed by atoms with E-state index in [0.717, 1.165) is 0 Å². The molecule has 78 valence electrons. The van der Waals surface area contributed by atoms with Crippen LogP contribution in [-0.4, -0.2) is 27.0 Å². The Morgan fingerprint density at radius 3 is 3.00 bits per heavy atom. The van der Waals surface area contributed by atoms with Gasteiger partial charge in [-0.1, -0.05) is 0 Å². The lowest BCUT2D eigenvalue weighted by atomic mass is 10.4. The SMILES string of the molecule is Cc1[nH]cc([N+](=O)[O-])[n+]1CC(O)CCl. The number of aromatic nitrogens is 2. The molecule has 1 aromatic heterocycles. The van der Waals surface area contributed by atoms with Gasteiger partial charge >= 0.3 is 5.82 Å². The summed E-state index contributed by atoms with van der Waals surface area (Å²) in [6.45, 7) is 1.81. The van der Waals surface area contributed by atoms with E-state index in [1.165, 1.54) is 10.8 Å². The molecule has 1 atom stereocenters. The van der Waals surface area contributed by atoms with Crippen LogP contribution in [0.5, 0.6) is 0 Å². The zero-order valence-electron chi connectivity index (χ0n) is 7.61. The predicted octanol–water partition coefficient (Wildman–Crippen LogP) is 0.119. The Balaban J connectivity index is 2.93. The molecule has 6 nitrogen and oxygen atoms in total. The van der Waals surface area contributed by atoms with Gasteiger partial charge < -0.3 is 10.1 Å². The number of alkyl halides is 1. The molecule has 0 spiro atoms. The Morgan fingerprint density at radius 2 is 2.50 bits per heavy atom. The molecule has 0 saturated heterocycles. The first-order valence-electron chi connectivity index (χ1n) is 4.02. The normalized spacial score (nSPS) is 12.8. The lowest BCUT2D eigenvalue weighted by molar-refractivity contribution is -0.743. The number of halogens is 1. The standard InChI is InChI=1S/C7H10ClN3O3/c1-5-9-3-7(11(13)14)10(5)4-6(12)2-8/h3,6,12H,2,4H2,1H3/p+1. The summed E-state index contributed by atoms with van der Waals surface area (Å²) >= 11 is 5.41. The minimum absolute atomic E-state index is 0.0504. The molecular formula is C7H11ClN3O3+. The van der Waals surface area contributed by atoms with Gasteiger partial charge in [-0.15, -0.1) is 16.2 Å². The monoisotopic (exact) mass is 220 g/mol. The van der Waals surface area contributed by atoms with Crippen molar-refractivity contribution in [2.24, 2.45) is 0 Å². The van der Waals surface area contributed by atoms with Crippen LogP contribution >= 0.6 is 11.6 Å². The second-order valence-corrected chi connectivity index (χ2v) is 3.22. The van der Waals surface area contributed by atoms with Gasteiger partial charge in [-0.05, 0) is 0 Å². The number of nitro groups is 1. The van der Waals surface area contributed by atoms with Crippen LogP contribution in [-0.2, 0) is 6.54 Å². The minimum atomic E-state index is -0.783. The van der Waals surface area contributed by atoms with Gasteiger partial charge in [-0.2, -0.15) is 0 Å². The van der Waals surface area contributed by atoms with E-state index in [9.17, 15) is 15.2 Å². The van der Waals surface area contributed by atoms with Crippen LogP contribution in [0.1, 0.15) is 5.82 Å². The molecule has 1 unspecified atom stereocenters. The van der Waals surface area contributed by atoms with Crippen LogP contribution in [0.4, 0.5) is 5.82 Å². The predicted molar refractivity (Wildman–Crippen MR) is 49.1 cm³/mol. The van der Waals surface area contributed by atoms with E-state index in [1.54, 1.807) is 6.92 Å². The minimum Gasteiger partial charge on any atom is -0.385 e. The number of aliphatic hydroxyl groups excluding tert-OH is 1. The zero-order chi connectivity index (χ0) is 10.7. The molecular weight excluding hydrogens is 210 g/mol. The van der Waals surface area contributed by atoms with Gasteiger partial charge in [0.2, 0.25) is 0 Å². The van der Waals surface area contributed by atoms with Crippen molar-refractivity contribution in [3.05, 3.63) is 22.1 Å². The highest BCUT2D eigenvalue weighted by Gasteiger charge is 2.28. The molecule has 0 amide bonds. The van der Waals surface area contributed by atoms with Crippen LogP contribution in [0.25, 0.3) is 0 Å². The average molecular weight is 221 g/mol. The second-order valence-electron chi connectivity index (χ2n) is 2.91. The van der Waals surface area contributed by atoms with Crippen LogP contribution in [0.2, 0.25) is 0 Å². The molecule has 0 aromatic carbocycles. The highest BCUT2D eigenvalue weighted by atomic mass is 35.5. The van der Waals surface area contributed by atoms with Crippen molar-refractivity contribution in [1.29, 1.82) is 0 Å². The highest BCUT2D eigenvalue weighted by Crippen LogP contribution is 2.04. The van der Waals surface area contributed by atoms with E-state index >= 15 is 0 Å². The molecule has 1 aromatic rings. The Bertz CT molecular complexity index is 339. The molecule has 0 aliphatic rings. The number of aryl methyl sites for hydroxylation is 1. The number of nitrogens with one attached hydrogen (secondary N) is 1. The molecule has 2 N–H and O–H groups in total. The Morgan fingerprint density at radius 1 is 1.86 bits per heavy atom. The van der Waals surface area contributed by atoms with E-state index in [4.69, 9.17) is 11.6 Å². The number of aliphatic hydroxyl groups is 1. The number of aromatic amines is 1. The van der Waals surface area contributed by atoms with Crippen molar-refractivity contribution in [2.75, 3.05) is 5.88 Å². The third-order valence-electron chi connectivity index (χ3n) is 1.85. The lowest BCUT2D eigenvalue weighted by Gasteiger charge is -2.00. The maximum absolute atomic E-state index is 10.6. The maximum Gasteiger partial charge on any atom is 0.519 e. The number of H-pyrrole nitrogens is 1. The first kappa shape index (κ1) is 10.9. The Labute approximate surface area is 85.3 Å². The average Bonchev–Trinajstić information content (AvgIpc) is 2.48. The van der Waals surface area contributed by atoms with Crippen LogP contribution in [0, 0.1) is 17.0 Å². The van der Waals surface area contributed by atoms with Gasteiger partial charge in [0.25, 0.3) is 5.82 Å². The molecule has 7 heteroatoms. The van der Waals surface area contributed by atoms with Gasteiger partial charge in [0.15, 0.2) is 12.7 Å². The van der Waals surface area contributed by atoms with E-state index < -0.39 is 11.0 Å². The lowest BCUT2D eigenvalue weighted by Crippen LogP contribution is -2.43. The van der Waals surface area contributed by atoms with Gasteiger partial charge in [-0.3, -0.25) is 10.1 Å². The molecule has 0 aliphatic heterocycles. The van der Waals surface area contributed by atoms with Crippen molar-refractivity contribution in [3.8, 4) is 0 Å². The summed E-state index contributed by atoms with van der Waals surface area (Å²) in [6.07, 6.45) is 0.505. The van der Waals surface area contributed by atoms with Crippen molar-refractivity contribution in [2.45, 2.75) is 19.6 Å². The van der Waals surface area contributed by atoms with E-state index in [1.807, 2.05) is 0 Å². The second kappa shape index (κ2) is 4.39. The summed E-state index contributed by atoms with van der Waals surface area (Å²) in [6, 6.07) is 0. The first-order valence-corrected chi connectivity index (χ1v) is 4.56. The summed E-state index contributed by atoms with van der Waals surface area (Å²) in [5, 5.41) is 19.8. The topological polar surface area (TPSA) is 83.0 Å². The van der Waals surface area contributed by atoms with E-state index in [2.05, 4.69) is 4.98 Å². The van der Waals surface area contributed by atoms with Crippen molar-refractivity contribution >= 4 is 17.4 Å². The number of imidazole rings is 1. The molecule has 0 bridgehead atoms. The number of hydrogen-bond donors (Lipinski definition) is 2. The summed E-state index contributed by atoms with van der Waals surface area (Å²) in [5.74, 6) is 0.585. The molecule has 0 saturated carbocycles. The van der Waals surface area contributed by atoms with Gasteiger partial charge in [0, 0.05) is 6.92 Å². The molecule has 0 aliphatic carbocycles. The maximum atomic E-state index is 10.6. The van der Waals surface area contributed by atoms with Gasteiger partial charge in [-0.25, -0.2) is 0 Å². The zero-order valence-corrected chi connectivity index (χ0v) is 8.36. The Hall–Kier alpha value is -1.14. The molecule has 1 heterocycles. The molecule has 0 radical (unpaired) electrons. The van der Waals surface area contributed by atoms with Crippen LogP contribution < -0.4 is 4.57 Å². The third kappa shape index (κ3) is 2.21. The van der Waals surface area contributed by atoms with E-state index in [0.29, 0.717) is 5.82 Å². The fraction of sp³-hybridized carbons (Fsp3) is 0.571. The number of nitrogens with zero attached hydrogens (tertiary/aromatic N) is 2. The highest BCUT2D eigenvalue weighted by molar-refractivity contribution is 6.18. The fourth-order valence-electron chi connectivity index (χ4n) is 1.14. The summed E-state index contributed by atoms with van der Waals surface area (Å²) < 4.78 is 1.38. The quantitative estimate of drug-likeness (QED) is 0.327. The number of hydrogen-bond acceptors (Lipinski definition) is 3. The molecule has 14 heavy (non-hydrogen) atoms. The largest absolute Gasteiger partial charge is 0.519 e. The van der Waals surface area contributed by atoms with Crippen molar-refractivity contribution in [1.82, 2.24) is 4.98 Å². The van der Waals surface area contributed by atoms with Gasteiger partial charge in [0.1, 0.15) is 11.0 Å². The first-order chi connectivity index (χ1) is 6.56. The van der Waals surface area contributed by atoms with Crippen molar-refractivity contribution < 1.29 is 14.6 Å². The molecule has 0 fully saturated rings. The fourth-order valence-corrected chi connectivity index (χ4v) is 1.24. The van der Waals surface area contributed by atoms with Crippen molar-refractivity contribution in [3.63, 3.8) is 0 Å².